The average molecular weight is 420 g/mol. The van der Waals surface area contributed by atoms with Gasteiger partial charge in [0.15, 0.2) is 5.69 Å². The van der Waals surface area contributed by atoms with Crippen LogP contribution in [0.4, 0.5) is 0 Å². The Kier molecular flexibility index (Phi) is 5.70. The van der Waals surface area contributed by atoms with E-state index in [-0.39, 0.29) is 18.1 Å². The van der Waals surface area contributed by atoms with E-state index in [1.54, 1.807) is 0 Å². The smallest absolute Gasteiger partial charge is 0.272 e. The molecule has 3 aromatic rings. The Labute approximate surface area is 181 Å². The summed E-state index contributed by atoms with van der Waals surface area (Å²) in [6.07, 6.45) is 9.72. The minimum Gasteiger partial charge on any atom is -0.393 e. The van der Waals surface area contributed by atoms with Crippen molar-refractivity contribution in [1.82, 2.24) is 25.4 Å². The number of aliphatic hydroxyl groups is 1. The molecule has 3 N–H and O–H groups in total. The zero-order valence-electron chi connectivity index (χ0n) is 17.7. The highest BCUT2D eigenvalue weighted by atomic mass is 16.3. The number of aromatic amines is 1. The van der Waals surface area contributed by atoms with Crippen LogP contribution in [0.3, 0.4) is 0 Å². The second-order valence-corrected chi connectivity index (χ2v) is 8.88. The third-order valence-corrected chi connectivity index (χ3v) is 6.56. The Balaban J connectivity index is 1.37. The fourth-order valence-electron chi connectivity index (χ4n) is 4.76. The first-order valence-electron chi connectivity index (χ1n) is 11.3. The third kappa shape index (κ3) is 4.48. The van der Waals surface area contributed by atoms with E-state index in [1.807, 2.05) is 30.6 Å². The van der Waals surface area contributed by atoms with E-state index in [0.717, 1.165) is 72.9 Å². The third-order valence-electron chi connectivity index (χ3n) is 6.56. The molecule has 31 heavy (non-hydrogen) atoms. The molecule has 7 heteroatoms. The van der Waals surface area contributed by atoms with Crippen molar-refractivity contribution in [3.8, 4) is 11.1 Å². The number of fused-ring (bicyclic) bond motifs is 1. The molecule has 1 saturated carbocycles. The lowest BCUT2D eigenvalue weighted by molar-refractivity contribution is 0.0792. The Morgan fingerprint density at radius 1 is 1.10 bits per heavy atom. The van der Waals surface area contributed by atoms with Crippen molar-refractivity contribution in [3.63, 3.8) is 0 Å². The number of H-pyrrole nitrogens is 1. The van der Waals surface area contributed by atoms with Gasteiger partial charge in [-0.15, -0.1) is 0 Å². The number of nitrogens with one attached hydrogen (secondary N) is 2. The highest BCUT2D eigenvalue weighted by Gasteiger charge is 2.21. The van der Waals surface area contributed by atoms with E-state index in [0.29, 0.717) is 5.69 Å². The van der Waals surface area contributed by atoms with Crippen molar-refractivity contribution < 1.29 is 9.90 Å². The lowest BCUT2D eigenvalue weighted by atomic mass is 10.0. The lowest BCUT2D eigenvalue weighted by Gasteiger charge is -2.29. The van der Waals surface area contributed by atoms with Crippen molar-refractivity contribution in [1.29, 1.82) is 0 Å². The van der Waals surface area contributed by atoms with Gasteiger partial charge in [-0.25, -0.2) is 0 Å². The van der Waals surface area contributed by atoms with Crippen LogP contribution in [-0.4, -0.2) is 56.3 Å². The van der Waals surface area contributed by atoms with Gasteiger partial charge < -0.3 is 10.4 Å². The van der Waals surface area contributed by atoms with Crippen molar-refractivity contribution in [2.75, 3.05) is 13.1 Å². The molecule has 3 heterocycles. The zero-order chi connectivity index (χ0) is 21.2. The van der Waals surface area contributed by atoms with Crippen LogP contribution < -0.4 is 5.32 Å². The summed E-state index contributed by atoms with van der Waals surface area (Å²) < 4.78 is 0. The summed E-state index contributed by atoms with van der Waals surface area (Å²) in [6.45, 7) is 2.65. The number of aliphatic hydroxyl groups excluding tert-OH is 1. The molecule has 1 aliphatic carbocycles. The fraction of sp³-hybridized carbons (Fsp3) is 0.458. The largest absolute Gasteiger partial charge is 0.393 e. The fourth-order valence-corrected chi connectivity index (χ4v) is 4.76. The van der Waals surface area contributed by atoms with Crippen LogP contribution in [0.2, 0.25) is 0 Å². The molecule has 1 aliphatic heterocycles. The molecule has 2 aromatic heterocycles. The summed E-state index contributed by atoms with van der Waals surface area (Å²) in [7, 11) is 0. The van der Waals surface area contributed by atoms with Gasteiger partial charge in [-0.1, -0.05) is 18.9 Å². The van der Waals surface area contributed by atoms with E-state index in [9.17, 15) is 9.90 Å². The number of hydrogen-bond donors (Lipinski definition) is 3. The summed E-state index contributed by atoms with van der Waals surface area (Å²) in [5.74, 6) is -0.102. The van der Waals surface area contributed by atoms with E-state index in [4.69, 9.17) is 0 Å². The number of hydrogen-bond acceptors (Lipinski definition) is 5. The Hall–Kier alpha value is -2.77. The number of amides is 1. The van der Waals surface area contributed by atoms with Crippen molar-refractivity contribution >= 4 is 16.8 Å². The van der Waals surface area contributed by atoms with Gasteiger partial charge >= 0.3 is 0 Å². The second-order valence-electron chi connectivity index (χ2n) is 8.88. The summed E-state index contributed by atoms with van der Waals surface area (Å²) in [5.41, 5.74) is 4.52. The number of aromatic nitrogens is 3. The topological polar surface area (TPSA) is 94.1 Å². The van der Waals surface area contributed by atoms with E-state index >= 15 is 0 Å². The molecule has 1 saturated heterocycles. The number of rotatable bonds is 5. The van der Waals surface area contributed by atoms with Gasteiger partial charge in [0, 0.05) is 49.0 Å². The predicted octanol–water partition coefficient (Wildman–Crippen LogP) is 3.25. The molecule has 0 spiro atoms. The maximum absolute atomic E-state index is 12.8. The molecule has 2 fully saturated rings. The summed E-state index contributed by atoms with van der Waals surface area (Å²) in [5, 5.41) is 21.0. The highest BCUT2D eigenvalue weighted by Crippen LogP contribution is 2.27. The van der Waals surface area contributed by atoms with Gasteiger partial charge in [-0.2, -0.15) is 5.10 Å². The monoisotopic (exact) mass is 419 g/mol. The van der Waals surface area contributed by atoms with Crippen molar-refractivity contribution in [2.24, 2.45) is 0 Å². The zero-order valence-corrected chi connectivity index (χ0v) is 17.7. The van der Waals surface area contributed by atoms with Crippen LogP contribution in [-0.2, 0) is 6.54 Å². The molecule has 7 nitrogen and oxygen atoms in total. The van der Waals surface area contributed by atoms with Gasteiger partial charge in [0.05, 0.1) is 11.6 Å². The first-order chi connectivity index (χ1) is 15.2. The van der Waals surface area contributed by atoms with Crippen LogP contribution in [0.1, 0.15) is 54.6 Å². The average Bonchev–Trinajstić information content (AvgIpc) is 3.45. The maximum atomic E-state index is 12.8. The number of carbonyl (C=O) groups excluding carboxylic acids is 1. The number of carbonyl (C=O) groups is 1. The molecule has 0 bridgehead atoms. The minimum absolute atomic E-state index is 0.102. The van der Waals surface area contributed by atoms with Gasteiger partial charge in [-0.3, -0.25) is 19.8 Å². The SMILES string of the molecule is O=C(NC1CCCC1)c1n[nH]c2ccc(-c3cncc(CN4CCC(O)CC4)c3)cc12. The molecule has 0 unspecified atom stereocenters. The quantitative estimate of drug-likeness (QED) is 0.590. The molecule has 2 aliphatic rings. The van der Waals surface area contributed by atoms with E-state index in [1.165, 1.54) is 12.8 Å². The van der Waals surface area contributed by atoms with E-state index < -0.39 is 0 Å². The van der Waals surface area contributed by atoms with Gasteiger partial charge in [0.1, 0.15) is 0 Å². The van der Waals surface area contributed by atoms with Gasteiger partial charge in [0.2, 0.25) is 0 Å². The second kappa shape index (κ2) is 8.77. The number of pyridine rings is 1. The molecule has 1 amide bonds. The Bertz CT molecular complexity index is 1060. The van der Waals surface area contributed by atoms with Crippen LogP contribution in [0, 0.1) is 0 Å². The maximum Gasteiger partial charge on any atom is 0.272 e. The lowest BCUT2D eigenvalue weighted by Crippen LogP contribution is -2.35. The molecule has 0 radical (unpaired) electrons. The van der Waals surface area contributed by atoms with Crippen LogP contribution in [0.25, 0.3) is 22.0 Å². The first kappa shape index (κ1) is 20.2. The van der Waals surface area contributed by atoms with Gasteiger partial charge in [0.25, 0.3) is 5.91 Å². The first-order valence-corrected chi connectivity index (χ1v) is 11.3. The Morgan fingerprint density at radius 2 is 1.90 bits per heavy atom. The summed E-state index contributed by atoms with van der Waals surface area (Å²) in [4.78, 5) is 19.6. The standard InChI is InChI=1S/C24H29N5O2/c30-20-7-9-29(10-8-20)15-16-11-18(14-25-13-16)17-5-6-22-21(12-17)23(28-27-22)24(31)26-19-3-1-2-4-19/h5-6,11-14,19-20,30H,1-4,7-10,15H2,(H,26,31)(H,27,28). The summed E-state index contributed by atoms with van der Waals surface area (Å²) in [6, 6.07) is 8.47. The highest BCUT2D eigenvalue weighted by molar-refractivity contribution is 6.05. The van der Waals surface area contributed by atoms with Crippen molar-refractivity contribution in [2.45, 2.75) is 57.2 Å². The molecule has 5 rings (SSSR count). The predicted molar refractivity (Wildman–Crippen MR) is 120 cm³/mol. The molecule has 1 aromatic carbocycles. The number of nitrogens with zero attached hydrogens (tertiary/aromatic N) is 3. The minimum atomic E-state index is -0.164. The number of likely N-dealkylation sites (tertiary alicyclic amines) is 1. The molecule has 162 valence electrons. The van der Waals surface area contributed by atoms with Gasteiger partial charge in [-0.05, 0) is 55.0 Å². The number of piperidine rings is 1. The summed E-state index contributed by atoms with van der Waals surface area (Å²) >= 11 is 0. The Morgan fingerprint density at radius 3 is 2.71 bits per heavy atom. The molecule has 0 atom stereocenters. The van der Waals surface area contributed by atoms with Crippen molar-refractivity contribution in [3.05, 3.63) is 47.9 Å². The number of benzene rings is 1. The molecular weight excluding hydrogens is 390 g/mol. The van der Waals surface area contributed by atoms with Crippen LogP contribution in [0.5, 0.6) is 0 Å². The molecular formula is C24H29N5O2. The normalized spacial score (nSPS) is 18.6. The van der Waals surface area contributed by atoms with E-state index in [2.05, 4.69) is 31.5 Å². The van der Waals surface area contributed by atoms with Crippen LogP contribution in [0.15, 0.2) is 36.7 Å². The van der Waals surface area contributed by atoms with Crippen LogP contribution >= 0.6 is 0 Å².